The fourth-order valence-corrected chi connectivity index (χ4v) is 4.48. The number of pyridine rings is 1. The number of nitrogens with zero attached hydrogens (tertiary/aromatic N) is 3. The van der Waals surface area contributed by atoms with E-state index in [1.807, 2.05) is 40.1 Å². The number of benzene rings is 1. The predicted molar refractivity (Wildman–Crippen MR) is 101 cm³/mol. The van der Waals surface area contributed by atoms with Crippen LogP contribution >= 0.6 is 0 Å². The summed E-state index contributed by atoms with van der Waals surface area (Å²) in [5.41, 5.74) is 0.746. The molecular formula is C21H24FN3O2. The Morgan fingerprint density at radius 3 is 2.78 bits per heavy atom. The van der Waals surface area contributed by atoms with Crippen molar-refractivity contribution in [2.24, 2.45) is 5.41 Å². The molecule has 1 aromatic carbocycles. The molecule has 6 heteroatoms. The van der Waals surface area contributed by atoms with Crippen LogP contribution in [0.2, 0.25) is 0 Å². The molecular weight excluding hydrogens is 345 g/mol. The van der Waals surface area contributed by atoms with Crippen LogP contribution in [0, 0.1) is 11.2 Å². The highest BCUT2D eigenvalue weighted by molar-refractivity contribution is 5.94. The van der Waals surface area contributed by atoms with E-state index in [-0.39, 0.29) is 11.7 Å². The van der Waals surface area contributed by atoms with E-state index in [0.29, 0.717) is 43.9 Å². The monoisotopic (exact) mass is 369 g/mol. The van der Waals surface area contributed by atoms with E-state index in [9.17, 15) is 14.3 Å². The Morgan fingerprint density at radius 1 is 1.19 bits per heavy atom. The van der Waals surface area contributed by atoms with Crippen molar-refractivity contribution in [2.45, 2.75) is 25.4 Å². The minimum atomic E-state index is -0.495. The van der Waals surface area contributed by atoms with Crippen LogP contribution in [0.3, 0.4) is 0 Å². The van der Waals surface area contributed by atoms with Gasteiger partial charge in [-0.3, -0.25) is 9.78 Å². The molecule has 1 spiro atoms. The zero-order valence-corrected chi connectivity index (χ0v) is 15.2. The molecule has 2 aromatic rings. The van der Waals surface area contributed by atoms with E-state index in [2.05, 4.69) is 4.98 Å². The summed E-state index contributed by atoms with van der Waals surface area (Å²) in [7, 11) is 0. The molecule has 2 aliphatic heterocycles. The first-order valence-electron chi connectivity index (χ1n) is 9.46. The Labute approximate surface area is 158 Å². The topological polar surface area (TPSA) is 56.7 Å². The van der Waals surface area contributed by atoms with Crippen LogP contribution in [0.25, 0.3) is 0 Å². The van der Waals surface area contributed by atoms with Gasteiger partial charge in [0.1, 0.15) is 0 Å². The Kier molecular flexibility index (Phi) is 4.83. The number of hydrogen-bond acceptors (Lipinski definition) is 4. The van der Waals surface area contributed by atoms with E-state index in [0.717, 1.165) is 12.8 Å². The average Bonchev–Trinajstić information content (AvgIpc) is 2.71. The Hall–Kier alpha value is -2.47. The fraction of sp³-hybridized carbons (Fsp3) is 0.429. The number of halogens is 1. The molecule has 0 aliphatic carbocycles. The number of piperidine rings is 2. The minimum Gasteiger partial charge on any atom is -0.392 e. The van der Waals surface area contributed by atoms with Crippen LogP contribution in [0.15, 0.2) is 48.8 Å². The van der Waals surface area contributed by atoms with Gasteiger partial charge in [0.15, 0.2) is 5.82 Å². The van der Waals surface area contributed by atoms with E-state index >= 15 is 0 Å². The number of amides is 1. The fourth-order valence-electron chi connectivity index (χ4n) is 4.48. The van der Waals surface area contributed by atoms with Crippen LogP contribution in [0.4, 0.5) is 10.1 Å². The van der Waals surface area contributed by atoms with Crippen molar-refractivity contribution in [3.8, 4) is 0 Å². The standard InChI is InChI=1S/C21H24FN3O2/c22-17-13-23-10-7-18(17)24-12-8-19(26)21(14-24)9-4-11-25(15-21)20(27)16-5-2-1-3-6-16/h1-3,5-7,10,13,19,26H,4,8-9,11-12,14-15H2/t19-,21-/m1/s1. The molecule has 0 unspecified atom stereocenters. The molecule has 27 heavy (non-hydrogen) atoms. The van der Waals surface area contributed by atoms with Crippen molar-refractivity contribution in [1.29, 1.82) is 0 Å². The molecule has 2 saturated heterocycles. The number of aromatic nitrogens is 1. The summed E-state index contributed by atoms with van der Waals surface area (Å²) in [6, 6.07) is 10.9. The molecule has 2 atom stereocenters. The maximum atomic E-state index is 14.2. The van der Waals surface area contributed by atoms with Crippen molar-refractivity contribution in [2.75, 3.05) is 31.1 Å². The van der Waals surface area contributed by atoms with E-state index < -0.39 is 11.5 Å². The van der Waals surface area contributed by atoms with Crippen molar-refractivity contribution < 1.29 is 14.3 Å². The van der Waals surface area contributed by atoms with Crippen LogP contribution in [-0.2, 0) is 0 Å². The first-order chi connectivity index (χ1) is 13.1. The van der Waals surface area contributed by atoms with Gasteiger partial charge in [0.25, 0.3) is 5.91 Å². The Bertz CT molecular complexity index is 816. The molecule has 1 amide bonds. The Morgan fingerprint density at radius 2 is 2.00 bits per heavy atom. The molecule has 142 valence electrons. The number of rotatable bonds is 2. The quantitative estimate of drug-likeness (QED) is 0.884. The highest BCUT2D eigenvalue weighted by Gasteiger charge is 2.46. The minimum absolute atomic E-state index is 0.00547. The second kappa shape index (κ2) is 7.27. The maximum absolute atomic E-state index is 14.2. The molecule has 1 N–H and O–H groups in total. The third-order valence-corrected chi connectivity index (χ3v) is 5.89. The number of likely N-dealkylation sites (tertiary alicyclic amines) is 1. The number of aliphatic hydroxyl groups excluding tert-OH is 1. The molecule has 2 aliphatic rings. The van der Waals surface area contributed by atoms with Crippen LogP contribution in [0.1, 0.15) is 29.6 Å². The molecule has 0 radical (unpaired) electrons. The number of carbonyl (C=O) groups excluding carboxylic acids is 1. The summed E-state index contributed by atoms with van der Waals surface area (Å²) >= 11 is 0. The van der Waals surface area contributed by atoms with Gasteiger partial charge in [0.05, 0.1) is 18.0 Å². The normalized spacial score (nSPS) is 25.6. The molecule has 5 nitrogen and oxygen atoms in total. The Balaban J connectivity index is 1.57. The van der Waals surface area contributed by atoms with Crippen LogP contribution < -0.4 is 4.90 Å². The van der Waals surface area contributed by atoms with Gasteiger partial charge >= 0.3 is 0 Å². The highest BCUT2D eigenvalue weighted by Crippen LogP contribution is 2.40. The third kappa shape index (κ3) is 3.41. The van der Waals surface area contributed by atoms with Gasteiger partial charge in [-0.05, 0) is 37.5 Å². The number of carbonyl (C=O) groups is 1. The van der Waals surface area contributed by atoms with Crippen molar-refractivity contribution in [3.05, 3.63) is 60.2 Å². The number of hydrogen-bond donors (Lipinski definition) is 1. The van der Waals surface area contributed by atoms with Gasteiger partial charge in [-0.25, -0.2) is 4.39 Å². The van der Waals surface area contributed by atoms with Gasteiger partial charge in [0, 0.05) is 43.4 Å². The zero-order valence-electron chi connectivity index (χ0n) is 15.2. The lowest BCUT2D eigenvalue weighted by atomic mass is 9.71. The molecule has 1 aromatic heterocycles. The van der Waals surface area contributed by atoms with E-state index in [1.54, 1.807) is 12.3 Å². The van der Waals surface area contributed by atoms with Crippen molar-refractivity contribution in [1.82, 2.24) is 9.88 Å². The first kappa shape index (κ1) is 17.9. The zero-order chi connectivity index (χ0) is 18.9. The first-order valence-corrected chi connectivity index (χ1v) is 9.46. The van der Waals surface area contributed by atoms with Crippen molar-refractivity contribution in [3.63, 3.8) is 0 Å². The molecule has 4 rings (SSSR count). The number of anilines is 1. The van der Waals surface area contributed by atoms with Gasteiger partial charge < -0.3 is 14.9 Å². The SMILES string of the molecule is O=C(c1ccccc1)N1CCC[C@]2(C1)CN(c1ccncc1F)CC[C@H]2O. The summed E-state index contributed by atoms with van der Waals surface area (Å²) in [4.78, 5) is 20.6. The average molecular weight is 369 g/mol. The lowest BCUT2D eigenvalue weighted by Crippen LogP contribution is -2.60. The van der Waals surface area contributed by atoms with Gasteiger partial charge in [0.2, 0.25) is 0 Å². The van der Waals surface area contributed by atoms with Crippen LogP contribution in [-0.4, -0.2) is 53.2 Å². The number of aliphatic hydroxyl groups is 1. The van der Waals surface area contributed by atoms with Gasteiger partial charge in [-0.2, -0.15) is 0 Å². The van der Waals surface area contributed by atoms with Crippen molar-refractivity contribution >= 4 is 11.6 Å². The second-order valence-corrected chi connectivity index (χ2v) is 7.61. The highest BCUT2D eigenvalue weighted by atomic mass is 19.1. The van der Waals surface area contributed by atoms with Gasteiger partial charge in [-0.15, -0.1) is 0 Å². The molecule has 3 heterocycles. The lowest BCUT2D eigenvalue weighted by molar-refractivity contribution is -0.0362. The summed E-state index contributed by atoms with van der Waals surface area (Å²) in [6.07, 6.45) is 4.54. The lowest BCUT2D eigenvalue weighted by Gasteiger charge is -2.51. The second-order valence-electron chi connectivity index (χ2n) is 7.61. The van der Waals surface area contributed by atoms with Crippen LogP contribution in [0.5, 0.6) is 0 Å². The smallest absolute Gasteiger partial charge is 0.253 e. The third-order valence-electron chi connectivity index (χ3n) is 5.89. The summed E-state index contributed by atoms with van der Waals surface area (Å²) < 4.78 is 14.2. The molecule has 2 fully saturated rings. The molecule has 0 bridgehead atoms. The summed E-state index contributed by atoms with van der Waals surface area (Å²) in [5.74, 6) is -0.355. The van der Waals surface area contributed by atoms with E-state index in [4.69, 9.17) is 0 Å². The predicted octanol–water partition coefficient (Wildman–Crippen LogP) is 2.71. The summed E-state index contributed by atoms with van der Waals surface area (Å²) in [5, 5.41) is 10.8. The maximum Gasteiger partial charge on any atom is 0.253 e. The van der Waals surface area contributed by atoms with Gasteiger partial charge in [-0.1, -0.05) is 18.2 Å². The van der Waals surface area contributed by atoms with E-state index in [1.165, 1.54) is 6.20 Å². The molecule has 0 saturated carbocycles. The largest absolute Gasteiger partial charge is 0.392 e. The summed E-state index contributed by atoms with van der Waals surface area (Å²) in [6.45, 7) is 2.31.